The first-order valence-electron chi connectivity index (χ1n) is 8.10. The summed E-state index contributed by atoms with van der Waals surface area (Å²) in [5.41, 5.74) is 4.49. The minimum atomic E-state index is -0.852. The maximum atomic E-state index is 11.9. The maximum Gasteiger partial charge on any atom is 0.329 e. The number of nitrogens with zero attached hydrogens (tertiary/aromatic N) is 1. The van der Waals surface area contributed by atoms with Crippen molar-refractivity contribution in [2.45, 2.75) is 6.92 Å². The number of anilines is 1. The van der Waals surface area contributed by atoms with Gasteiger partial charge in [0.25, 0.3) is 0 Å². The smallest absolute Gasteiger partial charge is 0.329 e. The molecule has 0 unspecified atom stereocenters. The van der Waals surface area contributed by atoms with Crippen LogP contribution < -0.4 is 15.5 Å². The van der Waals surface area contributed by atoms with Crippen LogP contribution >= 0.6 is 0 Å². The lowest BCUT2D eigenvalue weighted by Gasteiger charge is -2.06. The summed E-state index contributed by atoms with van der Waals surface area (Å²) >= 11 is 0. The second-order valence-electron chi connectivity index (χ2n) is 5.40. The number of fused-ring (bicyclic) bond motifs is 1. The van der Waals surface area contributed by atoms with Crippen molar-refractivity contribution in [1.82, 2.24) is 10.4 Å². The van der Waals surface area contributed by atoms with Gasteiger partial charge in [-0.15, -0.1) is 0 Å². The third kappa shape index (κ3) is 4.07. The van der Waals surface area contributed by atoms with Crippen LogP contribution in [0.15, 0.2) is 59.8 Å². The minimum absolute atomic E-state index is 0.495. The van der Waals surface area contributed by atoms with E-state index in [0.29, 0.717) is 18.0 Å². The van der Waals surface area contributed by atoms with Crippen LogP contribution in [-0.2, 0) is 9.59 Å². The van der Waals surface area contributed by atoms with Gasteiger partial charge in [-0.05, 0) is 37.3 Å². The van der Waals surface area contributed by atoms with Crippen molar-refractivity contribution >= 4 is 34.6 Å². The lowest BCUT2D eigenvalue weighted by molar-refractivity contribution is -0.136. The summed E-state index contributed by atoms with van der Waals surface area (Å²) in [5, 5.41) is 7.31. The first kappa shape index (κ1) is 17.2. The van der Waals surface area contributed by atoms with Gasteiger partial charge in [-0.25, -0.2) is 5.43 Å². The highest BCUT2D eigenvalue weighted by Crippen LogP contribution is 2.16. The second-order valence-corrected chi connectivity index (χ2v) is 5.40. The van der Waals surface area contributed by atoms with Crippen LogP contribution in [0.5, 0.6) is 5.75 Å². The van der Waals surface area contributed by atoms with Crippen LogP contribution in [0.4, 0.5) is 5.69 Å². The number of ether oxygens (including phenoxy) is 1. The SMILES string of the molecule is CCOc1ccc(NC(=O)C(=O)NN=Cc2c[nH]c3ccccc23)cc1. The molecule has 7 heteroatoms. The van der Waals surface area contributed by atoms with E-state index < -0.39 is 11.8 Å². The number of hydrazone groups is 1. The van der Waals surface area contributed by atoms with Crippen LogP contribution in [0.3, 0.4) is 0 Å². The number of carbonyl (C=O) groups excluding carboxylic acids is 2. The number of H-pyrrole nitrogens is 1. The largest absolute Gasteiger partial charge is 0.494 e. The number of para-hydroxylation sites is 1. The summed E-state index contributed by atoms with van der Waals surface area (Å²) < 4.78 is 5.32. The van der Waals surface area contributed by atoms with E-state index in [1.165, 1.54) is 6.21 Å². The van der Waals surface area contributed by atoms with Gasteiger partial charge in [-0.3, -0.25) is 9.59 Å². The van der Waals surface area contributed by atoms with Gasteiger partial charge in [0.05, 0.1) is 12.8 Å². The Morgan fingerprint density at radius 1 is 1.12 bits per heavy atom. The summed E-state index contributed by atoms with van der Waals surface area (Å²) in [6, 6.07) is 14.5. The Labute approximate surface area is 150 Å². The lowest BCUT2D eigenvalue weighted by atomic mass is 10.2. The van der Waals surface area contributed by atoms with Crippen molar-refractivity contribution in [2.75, 3.05) is 11.9 Å². The van der Waals surface area contributed by atoms with E-state index in [0.717, 1.165) is 16.5 Å². The monoisotopic (exact) mass is 350 g/mol. The fourth-order valence-electron chi connectivity index (χ4n) is 2.40. The molecule has 7 nitrogen and oxygen atoms in total. The van der Waals surface area contributed by atoms with Crippen LogP contribution in [0.25, 0.3) is 10.9 Å². The molecule has 3 aromatic rings. The highest BCUT2D eigenvalue weighted by Gasteiger charge is 2.13. The van der Waals surface area contributed by atoms with E-state index in [2.05, 4.69) is 20.8 Å². The van der Waals surface area contributed by atoms with Gasteiger partial charge in [0, 0.05) is 28.4 Å². The third-order valence-electron chi connectivity index (χ3n) is 3.62. The van der Waals surface area contributed by atoms with E-state index in [1.807, 2.05) is 31.2 Å². The van der Waals surface area contributed by atoms with Crippen molar-refractivity contribution in [3.8, 4) is 5.75 Å². The number of aromatic amines is 1. The van der Waals surface area contributed by atoms with Crippen molar-refractivity contribution in [1.29, 1.82) is 0 Å². The number of benzene rings is 2. The van der Waals surface area contributed by atoms with E-state index >= 15 is 0 Å². The minimum Gasteiger partial charge on any atom is -0.494 e. The molecule has 0 radical (unpaired) electrons. The number of aromatic nitrogens is 1. The molecule has 1 heterocycles. The molecule has 0 spiro atoms. The fraction of sp³-hybridized carbons (Fsp3) is 0.105. The quantitative estimate of drug-likeness (QED) is 0.375. The summed E-state index contributed by atoms with van der Waals surface area (Å²) in [6.07, 6.45) is 3.27. The summed E-state index contributed by atoms with van der Waals surface area (Å²) in [7, 11) is 0. The summed E-state index contributed by atoms with van der Waals surface area (Å²) in [4.78, 5) is 26.8. The molecule has 0 saturated heterocycles. The average Bonchev–Trinajstić information content (AvgIpc) is 3.07. The number of amides is 2. The standard InChI is InChI=1S/C19H18N4O3/c1-2-26-15-9-7-14(8-10-15)22-18(24)19(25)23-21-12-13-11-20-17-6-4-3-5-16(13)17/h3-12,20H,2H2,1H3,(H,22,24)(H,23,25). The van der Waals surface area contributed by atoms with Gasteiger partial charge >= 0.3 is 11.8 Å². The Bertz CT molecular complexity index is 945. The third-order valence-corrected chi connectivity index (χ3v) is 3.62. The molecule has 0 saturated carbocycles. The predicted octanol–water partition coefficient (Wildman–Crippen LogP) is 2.66. The Kier molecular flexibility index (Phi) is 5.28. The normalized spacial score (nSPS) is 10.8. The van der Waals surface area contributed by atoms with Gasteiger partial charge < -0.3 is 15.0 Å². The maximum absolute atomic E-state index is 11.9. The van der Waals surface area contributed by atoms with Gasteiger partial charge in [0.15, 0.2) is 0 Å². The Morgan fingerprint density at radius 2 is 1.88 bits per heavy atom. The number of hydrogen-bond donors (Lipinski definition) is 3. The van der Waals surface area contributed by atoms with Crippen LogP contribution in [0.2, 0.25) is 0 Å². The van der Waals surface area contributed by atoms with Gasteiger partial charge in [0.1, 0.15) is 5.75 Å². The number of carbonyl (C=O) groups is 2. The molecule has 0 fully saturated rings. The zero-order valence-corrected chi connectivity index (χ0v) is 14.2. The van der Waals surface area contributed by atoms with E-state index in [9.17, 15) is 9.59 Å². The zero-order valence-electron chi connectivity index (χ0n) is 14.2. The molecular formula is C19H18N4O3. The first-order valence-corrected chi connectivity index (χ1v) is 8.10. The molecule has 3 N–H and O–H groups in total. The molecule has 2 amide bonds. The molecule has 0 aliphatic heterocycles. The molecule has 2 aromatic carbocycles. The summed E-state index contributed by atoms with van der Waals surface area (Å²) in [5.74, 6) is -0.960. The van der Waals surface area contributed by atoms with E-state index in [-0.39, 0.29) is 0 Å². The van der Waals surface area contributed by atoms with Crippen molar-refractivity contribution in [3.63, 3.8) is 0 Å². The second kappa shape index (κ2) is 7.98. The van der Waals surface area contributed by atoms with Gasteiger partial charge in [0.2, 0.25) is 0 Å². The molecule has 0 aliphatic carbocycles. The summed E-state index contributed by atoms with van der Waals surface area (Å²) in [6.45, 7) is 2.44. The molecular weight excluding hydrogens is 332 g/mol. The predicted molar refractivity (Wildman–Crippen MR) is 100 cm³/mol. The molecule has 0 atom stereocenters. The highest BCUT2D eigenvalue weighted by atomic mass is 16.5. The van der Waals surface area contributed by atoms with Crippen molar-refractivity contribution < 1.29 is 14.3 Å². The number of hydrogen-bond acceptors (Lipinski definition) is 4. The van der Waals surface area contributed by atoms with E-state index in [1.54, 1.807) is 30.5 Å². The Balaban J connectivity index is 1.56. The molecule has 1 aromatic heterocycles. The zero-order chi connectivity index (χ0) is 18.4. The lowest BCUT2D eigenvalue weighted by Crippen LogP contribution is -2.32. The average molecular weight is 350 g/mol. The van der Waals surface area contributed by atoms with E-state index in [4.69, 9.17) is 4.74 Å². The van der Waals surface area contributed by atoms with Crippen LogP contribution in [-0.4, -0.2) is 29.6 Å². The molecule has 0 bridgehead atoms. The number of rotatable bonds is 5. The Morgan fingerprint density at radius 3 is 2.65 bits per heavy atom. The molecule has 132 valence electrons. The topological polar surface area (TPSA) is 95.6 Å². The van der Waals surface area contributed by atoms with Crippen LogP contribution in [0, 0.1) is 0 Å². The molecule has 3 rings (SSSR count). The van der Waals surface area contributed by atoms with Gasteiger partial charge in [-0.1, -0.05) is 18.2 Å². The highest BCUT2D eigenvalue weighted by molar-refractivity contribution is 6.39. The Hall–Kier alpha value is -3.61. The van der Waals surface area contributed by atoms with Crippen molar-refractivity contribution in [2.24, 2.45) is 5.10 Å². The molecule has 26 heavy (non-hydrogen) atoms. The van der Waals surface area contributed by atoms with Gasteiger partial charge in [-0.2, -0.15) is 5.10 Å². The van der Waals surface area contributed by atoms with Crippen molar-refractivity contribution in [3.05, 3.63) is 60.3 Å². The molecule has 0 aliphatic rings. The first-order chi connectivity index (χ1) is 12.7. The van der Waals surface area contributed by atoms with Crippen LogP contribution in [0.1, 0.15) is 12.5 Å². The fourth-order valence-corrected chi connectivity index (χ4v) is 2.40. The number of nitrogens with one attached hydrogen (secondary N) is 3.